The molecule has 0 atom stereocenters. The molecule has 178 valence electrons. The average Bonchev–Trinajstić information content (AvgIpc) is 3.49. The molecule has 0 spiro atoms. The van der Waals surface area contributed by atoms with Crippen molar-refractivity contribution < 1.29 is 19.1 Å². The van der Waals surface area contributed by atoms with Gasteiger partial charge in [-0.25, -0.2) is 9.97 Å². The van der Waals surface area contributed by atoms with E-state index in [0.717, 1.165) is 27.7 Å². The second kappa shape index (κ2) is 10.0. The fraction of sp³-hybridized carbons (Fsp3) is 0.160. The molecule has 2 aromatic carbocycles. The van der Waals surface area contributed by atoms with Crippen molar-refractivity contribution in [3.63, 3.8) is 0 Å². The second-order valence-electron chi connectivity index (χ2n) is 7.75. The van der Waals surface area contributed by atoms with E-state index in [4.69, 9.17) is 25.9 Å². The summed E-state index contributed by atoms with van der Waals surface area (Å²) in [4.78, 5) is 20.4. The van der Waals surface area contributed by atoms with Gasteiger partial charge in [0.05, 0.1) is 28.8 Å². The molecule has 10 heteroatoms. The van der Waals surface area contributed by atoms with Crippen LogP contribution < -0.4 is 15.4 Å². The Kier molecular flexibility index (Phi) is 6.51. The van der Waals surface area contributed by atoms with Crippen molar-refractivity contribution in [2.75, 3.05) is 18.5 Å². The number of carbonyl (C=O) groups excluding carboxylic acids is 1. The quantitative estimate of drug-likeness (QED) is 0.269. The molecule has 3 heterocycles. The summed E-state index contributed by atoms with van der Waals surface area (Å²) in [5, 5.41) is 16.2. The zero-order valence-electron chi connectivity index (χ0n) is 18.6. The van der Waals surface area contributed by atoms with E-state index >= 15 is 0 Å². The van der Waals surface area contributed by atoms with E-state index in [-0.39, 0.29) is 18.9 Å². The maximum absolute atomic E-state index is 11.6. The van der Waals surface area contributed by atoms with E-state index in [0.29, 0.717) is 35.4 Å². The lowest BCUT2D eigenvalue weighted by atomic mass is 10.2. The van der Waals surface area contributed by atoms with Crippen LogP contribution in [0.1, 0.15) is 6.42 Å². The zero-order chi connectivity index (χ0) is 24.2. The van der Waals surface area contributed by atoms with Crippen LogP contribution in [-0.2, 0) is 11.3 Å². The molecule has 0 aliphatic heterocycles. The number of anilines is 2. The first kappa shape index (κ1) is 22.7. The summed E-state index contributed by atoms with van der Waals surface area (Å²) < 4.78 is 13.4. The van der Waals surface area contributed by atoms with Gasteiger partial charge in [0.2, 0.25) is 5.91 Å². The zero-order valence-corrected chi connectivity index (χ0v) is 19.3. The Bertz CT molecular complexity index is 1500. The number of aromatic nitrogens is 3. The fourth-order valence-corrected chi connectivity index (χ4v) is 4.01. The number of benzene rings is 2. The van der Waals surface area contributed by atoms with Gasteiger partial charge in [0.25, 0.3) is 0 Å². The van der Waals surface area contributed by atoms with Crippen LogP contribution in [0, 0.1) is 0 Å². The first-order chi connectivity index (χ1) is 17.1. The molecule has 0 aliphatic rings. The molecule has 0 unspecified atom stereocenters. The molecule has 0 fully saturated rings. The number of aliphatic hydroxyl groups excluding tert-OH is 1. The van der Waals surface area contributed by atoms with Crippen molar-refractivity contribution in [1.82, 2.24) is 19.9 Å². The molecule has 1 amide bonds. The lowest BCUT2D eigenvalue weighted by molar-refractivity contribution is -0.121. The SMILES string of the molecule is O=C(CCO)NCCn1ccc2ncnc(Nc3ccc(Oc4cccc5occc45)c(Cl)c3)c21. The summed E-state index contributed by atoms with van der Waals surface area (Å²) in [7, 11) is 0. The average molecular weight is 492 g/mol. The van der Waals surface area contributed by atoms with E-state index in [9.17, 15) is 4.79 Å². The van der Waals surface area contributed by atoms with Crippen LogP contribution >= 0.6 is 11.6 Å². The number of aliphatic hydroxyl groups is 1. The molecule has 0 saturated carbocycles. The smallest absolute Gasteiger partial charge is 0.222 e. The minimum absolute atomic E-state index is 0.0834. The number of rotatable bonds is 9. The highest BCUT2D eigenvalue weighted by atomic mass is 35.5. The number of fused-ring (bicyclic) bond motifs is 2. The normalized spacial score (nSPS) is 11.1. The number of carbonyl (C=O) groups is 1. The fourth-order valence-electron chi connectivity index (χ4n) is 3.79. The molecule has 0 radical (unpaired) electrons. The van der Waals surface area contributed by atoms with Crippen molar-refractivity contribution >= 4 is 51.0 Å². The summed E-state index contributed by atoms with van der Waals surface area (Å²) in [6.07, 6.45) is 5.08. The minimum Gasteiger partial charge on any atom is -0.464 e. The Hall–Kier alpha value is -4.08. The van der Waals surface area contributed by atoms with Crippen LogP contribution in [0.2, 0.25) is 5.02 Å². The summed E-state index contributed by atoms with van der Waals surface area (Å²) in [5.41, 5.74) is 3.03. The summed E-state index contributed by atoms with van der Waals surface area (Å²) in [5.74, 6) is 1.58. The summed E-state index contributed by atoms with van der Waals surface area (Å²) >= 11 is 6.54. The second-order valence-corrected chi connectivity index (χ2v) is 8.16. The van der Waals surface area contributed by atoms with Crippen molar-refractivity contribution in [3.8, 4) is 11.5 Å². The minimum atomic E-state index is -0.195. The molecule has 0 aliphatic carbocycles. The highest BCUT2D eigenvalue weighted by molar-refractivity contribution is 6.32. The van der Waals surface area contributed by atoms with Gasteiger partial charge in [-0.15, -0.1) is 0 Å². The van der Waals surface area contributed by atoms with E-state index in [2.05, 4.69) is 20.6 Å². The first-order valence-electron chi connectivity index (χ1n) is 11.0. The molecular weight excluding hydrogens is 470 g/mol. The van der Waals surface area contributed by atoms with Gasteiger partial charge >= 0.3 is 0 Å². The molecule has 0 bridgehead atoms. The molecule has 3 aromatic heterocycles. The lowest BCUT2D eigenvalue weighted by Gasteiger charge is -2.13. The van der Waals surface area contributed by atoms with Crippen molar-refractivity contribution in [2.45, 2.75) is 13.0 Å². The predicted octanol–water partition coefficient (Wildman–Crippen LogP) is 4.87. The predicted molar refractivity (Wildman–Crippen MR) is 133 cm³/mol. The van der Waals surface area contributed by atoms with Crippen LogP contribution in [0.3, 0.4) is 0 Å². The maximum atomic E-state index is 11.6. The highest BCUT2D eigenvalue weighted by Crippen LogP contribution is 2.36. The topological polar surface area (TPSA) is 114 Å². The molecule has 35 heavy (non-hydrogen) atoms. The number of furan rings is 1. The number of nitrogens with zero attached hydrogens (tertiary/aromatic N) is 3. The number of amides is 1. The van der Waals surface area contributed by atoms with Gasteiger partial charge in [0.1, 0.15) is 28.9 Å². The van der Waals surface area contributed by atoms with Gasteiger partial charge in [-0.2, -0.15) is 0 Å². The van der Waals surface area contributed by atoms with E-state index < -0.39 is 0 Å². The van der Waals surface area contributed by atoms with Gasteiger partial charge in [-0.05, 0) is 42.5 Å². The third kappa shape index (κ3) is 4.91. The van der Waals surface area contributed by atoms with Gasteiger partial charge in [0, 0.05) is 31.4 Å². The molecule has 5 aromatic rings. The van der Waals surface area contributed by atoms with Crippen LogP contribution in [0.5, 0.6) is 11.5 Å². The first-order valence-corrected chi connectivity index (χ1v) is 11.4. The Morgan fingerprint density at radius 1 is 1.14 bits per heavy atom. The third-order valence-corrected chi connectivity index (χ3v) is 5.73. The Balaban J connectivity index is 1.34. The van der Waals surface area contributed by atoms with Crippen molar-refractivity contribution in [3.05, 3.63) is 72.3 Å². The number of halogens is 1. The summed E-state index contributed by atoms with van der Waals surface area (Å²) in [6.45, 7) is 0.764. The number of hydrogen-bond acceptors (Lipinski definition) is 7. The molecule has 5 rings (SSSR count). The third-order valence-electron chi connectivity index (χ3n) is 5.43. The maximum Gasteiger partial charge on any atom is 0.222 e. The van der Waals surface area contributed by atoms with Gasteiger partial charge < -0.3 is 29.5 Å². The molecule has 9 nitrogen and oxygen atoms in total. The number of ether oxygens (including phenoxy) is 1. The van der Waals surface area contributed by atoms with E-state index in [1.54, 1.807) is 18.4 Å². The lowest BCUT2D eigenvalue weighted by Crippen LogP contribution is -2.27. The molecule has 3 N–H and O–H groups in total. The standard InChI is InChI=1S/C25H22ClN5O4/c26-18-14-16(4-5-22(18)35-21-3-1-2-20-17(21)8-13-34-20)30-25-24-19(28-15-29-25)6-10-31(24)11-9-27-23(33)7-12-32/h1-6,8,10,13-15,32H,7,9,11-12H2,(H,27,33)(H,28,29,30). The number of hydrogen-bond donors (Lipinski definition) is 3. The van der Waals surface area contributed by atoms with Crippen LogP contribution in [0.25, 0.3) is 22.0 Å². The summed E-state index contributed by atoms with van der Waals surface area (Å²) in [6, 6.07) is 14.7. The van der Waals surface area contributed by atoms with Crippen molar-refractivity contribution in [2.24, 2.45) is 0 Å². The van der Waals surface area contributed by atoms with E-state index in [1.165, 1.54) is 6.33 Å². The Labute approximate surface area is 205 Å². The Morgan fingerprint density at radius 3 is 2.91 bits per heavy atom. The largest absolute Gasteiger partial charge is 0.464 e. The van der Waals surface area contributed by atoms with Crippen LogP contribution in [-0.4, -0.2) is 38.7 Å². The van der Waals surface area contributed by atoms with Gasteiger partial charge in [-0.3, -0.25) is 4.79 Å². The van der Waals surface area contributed by atoms with Gasteiger partial charge in [0.15, 0.2) is 5.82 Å². The highest BCUT2D eigenvalue weighted by Gasteiger charge is 2.13. The van der Waals surface area contributed by atoms with Crippen molar-refractivity contribution in [1.29, 1.82) is 0 Å². The van der Waals surface area contributed by atoms with E-state index in [1.807, 2.05) is 47.2 Å². The molecular formula is C25H22ClN5O4. The monoisotopic (exact) mass is 491 g/mol. The molecule has 0 saturated heterocycles. The van der Waals surface area contributed by atoms with Crippen LogP contribution in [0.15, 0.2) is 71.7 Å². The van der Waals surface area contributed by atoms with Gasteiger partial charge in [-0.1, -0.05) is 17.7 Å². The number of nitrogens with one attached hydrogen (secondary N) is 2. The Morgan fingerprint density at radius 2 is 2.06 bits per heavy atom. The van der Waals surface area contributed by atoms with Crippen LogP contribution in [0.4, 0.5) is 11.5 Å².